The summed E-state index contributed by atoms with van der Waals surface area (Å²) in [5.74, 6) is 1.61. The predicted octanol–water partition coefficient (Wildman–Crippen LogP) is 5.60. The number of aromatic nitrogens is 3. The number of pyridine rings is 1. The molecule has 0 amide bonds. The fourth-order valence-electron chi connectivity index (χ4n) is 3.45. The number of para-hydroxylation sites is 1. The molecular weight excluding hydrogens is 398 g/mol. The molecule has 0 aliphatic rings. The SMILES string of the molecule is Nc1ncc(-c2ccc(OCc3ccccc3)cc2)c(Nc2cnc3ccccc3c2)n1. The Labute approximate surface area is 185 Å². The summed E-state index contributed by atoms with van der Waals surface area (Å²) >= 11 is 0. The average Bonchev–Trinajstić information content (AvgIpc) is 2.84. The number of hydrogen-bond acceptors (Lipinski definition) is 6. The number of nitrogens with two attached hydrogens (primary N) is 1. The lowest BCUT2D eigenvalue weighted by Crippen LogP contribution is -2.02. The van der Waals surface area contributed by atoms with Crippen molar-refractivity contribution in [2.75, 3.05) is 11.1 Å². The van der Waals surface area contributed by atoms with E-state index >= 15 is 0 Å². The van der Waals surface area contributed by atoms with Crippen molar-refractivity contribution in [2.24, 2.45) is 0 Å². The first-order valence-electron chi connectivity index (χ1n) is 10.3. The van der Waals surface area contributed by atoms with Gasteiger partial charge in [-0.1, -0.05) is 60.7 Å². The number of anilines is 3. The van der Waals surface area contributed by atoms with Crippen molar-refractivity contribution in [3.63, 3.8) is 0 Å². The lowest BCUT2D eigenvalue weighted by atomic mass is 10.1. The molecule has 6 heteroatoms. The Morgan fingerprint density at radius 1 is 0.812 bits per heavy atom. The lowest BCUT2D eigenvalue weighted by molar-refractivity contribution is 0.306. The molecule has 5 rings (SSSR count). The van der Waals surface area contributed by atoms with Crippen molar-refractivity contribution >= 4 is 28.4 Å². The van der Waals surface area contributed by atoms with Gasteiger partial charge >= 0.3 is 0 Å². The molecule has 0 fully saturated rings. The molecule has 0 saturated carbocycles. The minimum absolute atomic E-state index is 0.202. The molecule has 0 saturated heterocycles. The van der Waals surface area contributed by atoms with Gasteiger partial charge in [0.2, 0.25) is 5.95 Å². The van der Waals surface area contributed by atoms with Crippen LogP contribution in [-0.2, 0) is 6.61 Å². The van der Waals surface area contributed by atoms with E-state index in [9.17, 15) is 0 Å². The maximum Gasteiger partial charge on any atom is 0.221 e. The van der Waals surface area contributed by atoms with E-state index < -0.39 is 0 Å². The molecule has 5 aromatic rings. The van der Waals surface area contributed by atoms with Crippen LogP contribution in [0.15, 0.2) is 97.3 Å². The van der Waals surface area contributed by atoms with E-state index in [1.807, 2.05) is 84.9 Å². The van der Waals surface area contributed by atoms with Gasteiger partial charge in [0.25, 0.3) is 0 Å². The molecule has 0 aliphatic heterocycles. The van der Waals surface area contributed by atoms with Gasteiger partial charge in [-0.15, -0.1) is 0 Å². The third-order valence-electron chi connectivity index (χ3n) is 5.07. The Kier molecular flexibility index (Phi) is 5.32. The van der Waals surface area contributed by atoms with E-state index in [0.29, 0.717) is 12.4 Å². The molecule has 2 heterocycles. The predicted molar refractivity (Wildman–Crippen MR) is 128 cm³/mol. The first kappa shape index (κ1) is 19.5. The molecule has 3 N–H and O–H groups in total. The minimum Gasteiger partial charge on any atom is -0.489 e. The second-order valence-electron chi connectivity index (χ2n) is 7.33. The smallest absolute Gasteiger partial charge is 0.221 e. The van der Waals surface area contributed by atoms with Crippen molar-refractivity contribution in [1.29, 1.82) is 0 Å². The van der Waals surface area contributed by atoms with Gasteiger partial charge in [0.1, 0.15) is 18.2 Å². The maximum atomic E-state index is 5.89. The zero-order valence-corrected chi connectivity index (χ0v) is 17.3. The van der Waals surface area contributed by atoms with Gasteiger partial charge in [-0.25, -0.2) is 4.98 Å². The van der Waals surface area contributed by atoms with Crippen LogP contribution in [0.25, 0.3) is 22.0 Å². The molecule has 0 spiro atoms. The molecule has 2 aromatic heterocycles. The molecule has 0 atom stereocenters. The van der Waals surface area contributed by atoms with Gasteiger partial charge in [0.15, 0.2) is 0 Å². The highest BCUT2D eigenvalue weighted by Crippen LogP contribution is 2.30. The highest BCUT2D eigenvalue weighted by molar-refractivity contribution is 5.84. The number of fused-ring (bicyclic) bond motifs is 1. The van der Waals surface area contributed by atoms with Crippen LogP contribution >= 0.6 is 0 Å². The van der Waals surface area contributed by atoms with E-state index in [1.54, 1.807) is 12.4 Å². The van der Waals surface area contributed by atoms with Gasteiger partial charge < -0.3 is 15.8 Å². The van der Waals surface area contributed by atoms with Crippen LogP contribution in [-0.4, -0.2) is 15.0 Å². The molecule has 32 heavy (non-hydrogen) atoms. The number of nitrogen functional groups attached to an aromatic ring is 1. The largest absolute Gasteiger partial charge is 0.489 e. The maximum absolute atomic E-state index is 5.89. The number of nitrogens with one attached hydrogen (secondary N) is 1. The summed E-state index contributed by atoms with van der Waals surface area (Å²) in [5, 5.41) is 4.38. The molecule has 0 aliphatic carbocycles. The van der Waals surface area contributed by atoms with Crippen LogP contribution in [0.1, 0.15) is 5.56 Å². The van der Waals surface area contributed by atoms with Crippen LogP contribution < -0.4 is 15.8 Å². The van der Waals surface area contributed by atoms with Gasteiger partial charge in [-0.2, -0.15) is 4.98 Å². The van der Waals surface area contributed by atoms with E-state index in [0.717, 1.165) is 39.0 Å². The van der Waals surface area contributed by atoms with Crippen molar-refractivity contribution in [2.45, 2.75) is 6.61 Å². The number of nitrogens with zero attached hydrogens (tertiary/aromatic N) is 3. The highest BCUT2D eigenvalue weighted by atomic mass is 16.5. The van der Waals surface area contributed by atoms with E-state index in [2.05, 4.69) is 20.3 Å². The summed E-state index contributed by atoms with van der Waals surface area (Å²) in [6.07, 6.45) is 3.50. The van der Waals surface area contributed by atoms with Gasteiger partial charge in [-0.05, 0) is 35.4 Å². The van der Waals surface area contributed by atoms with Crippen LogP contribution in [0.4, 0.5) is 17.5 Å². The Balaban J connectivity index is 1.38. The summed E-state index contributed by atoms with van der Waals surface area (Å²) in [6.45, 7) is 0.521. The monoisotopic (exact) mass is 419 g/mol. The fourth-order valence-corrected chi connectivity index (χ4v) is 3.45. The van der Waals surface area contributed by atoms with Crippen LogP contribution in [0.3, 0.4) is 0 Å². The molecule has 6 nitrogen and oxygen atoms in total. The van der Waals surface area contributed by atoms with E-state index in [4.69, 9.17) is 10.5 Å². The third-order valence-corrected chi connectivity index (χ3v) is 5.07. The van der Waals surface area contributed by atoms with Gasteiger partial charge in [0.05, 0.1) is 17.4 Å². The summed E-state index contributed by atoms with van der Waals surface area (Å²) < 4.78 is 5.89. The van der Waals surface area contributed by atoms with Crippen LogP contribution in [0.5, 0.6) is 5.75 Å². The number of ether oxygens (including phenoxy) is 1. The second-order valence-corrected chi connectivity index (χ2v) is 7.33. The quantitative estimate of drug-likeness (QED) is 0.373. The Hall–Kier alpha value is -4.45. The van der Waals surface area contributed by atoms with Crippen molar-refractivity contribution in [3.8, 4) is 16.9 Å². The van der Waals surface area contributed by atoms with Crippen LogP contribution in [0, 0.1) is 0 Å². The number of hydrogen-bond donors (Lipinski definition) is 2. The molecule has 0 radical (unpaired) electrons. The molecule has 0 bridgehead atoms. The average molecular weight is 419 g/mol. The lowest BCUT2D eigenvalue weighted by Gasteiger charge is -2.13. The Morgan fingerprint density at radius 2 is 1.59 bits per heavy atom. The van der Waals surface area contributed by atoms with Crippen molar-refractivity contribution in [3.05, 3.63) is 103 Å². The topological polar surface area (TPSA) is 86.0 Å². The summed E-state index contributed by atoms with van der Waals surface area (Å²) in [6, 6.07) is 27.9. The van der Waals surface area contributed by atoms with Gasteiger partial charge in [-0.3, -0.25) is 4.98 Å². The standard InChI is InChI=1S/C26H21N5O/c27-26-29-16-23(19-10-12-22(13-11-19)32-17-18-6-2-1-3-7-18)25(31-26)30-21-14-20-8-4-5-9-24(20)28-15-21/h1-16H,17H2,(H3,27,29,30,31). The number of benzene rings is 3. The summed E-state index contributed by atoms with van der Waals surface area (Å²) in [5.41, 5.74) is 10.5. The zero-order chi connectivity index (χ0) is 21.8. The molecule has 3 aromatic carbocycles. The van der Waals surface area contributed by atoms with Crippen LogP contribution in [0.2, 0.25) is 0 Å². The normalized spacial score (nSPS) is 10.8. The zero-order valence-electron chi connectivity index (χ0n) is 17.3. The fraction of sp³-hybridized carbons (Fsp3) is 0.0385. The highest BCUT2D eigenvalue weighted by Gasteiger charge is 2.10. The third kappa shape index (κ3) is 4.34. The molecule has 0 unspecified atom stereocenters. The first-order chi connectivity index (χ1) is 15.7. The Morgan fingerprint density at radius 3 is 2.44 bits per heavy atom. The Bertz CT molecular complexity index is 1350. The minimum atomic E-state index is 0.202. The summed E-state index contributed by atoms with van der Waals surface area (Å²) in [7, 11) is 0. The van der Waals surface area contributed by atoms with Crippen molar-refractivity contribution in [1.82, 2.24) is 15.0 Å². The van der Waals surface area contributed by atoms with E-state index in [1.165, 1.54) is 0 Å². The second kappa shape index (κ2) is 8.73. The molecular formula is C26H21N5O. The van der Waals surface area contributed by atoms with Crippen molar-refractivity contribution < 1.29 is 4.74 Å². The first-order valence-corrected chi connectivity index (χ1v) is 10.3. The molecule has 156 valence electrons. The van der Waals surface area contributed by atoms with E-state index in [-0.39, 0.29) is 5.95 Å². The van der Waals surface area contributed by atoms with Gasteiger partial charge in [0, 0.05) is 17.1 Å². The number of rotatable bonds is 6. The summed E-state index contributed by atoms with van der Waals surface area (Å²) in [4.78, 5) is 13.1.